The number of aliphatic hydroxyl groups excluding tert-OH is 1. The predicted octanol–water partition coefficient (Wildman–Crippen LogP) is 5.12. The molecule has 3 heterocycles. The molecule has 0 saturated carbocycles. The molecule has 3 N–H and O–H groups in total. The number of benzene rings is 3. The van der Waals surface area contributed by atoms with E-state index < -0.39 is 55.3 Å². The van der Waals surface area contributed by atoms with Gasteiger partial charge in [0.05, 0.1) is 28.8 Å². The Balaban J connectivity index is 1.26. The van der Waals surface area contributed by atoms with E-state index in [1.54, 1.807) is 7.11 Å². The molecule has 238 valence electrons. The van der Waals surface area contributed by atoms with Crippen molar-refractivity contribution in [1.29, 1.82) is 0 Å². The van der Waals surface area contributed by atoms with Crippen LogP contribution in [0.15, 0.2) is 47.5 Å². The maximum atomic E-state index is 15.8. The van der Waals surface area contributed by atoms with E-state index in [-0.39, 0.29) is 39.9 Å². The molecule has 1 fully saturated rings. The molecule has 2 aliphatic rings. The number of piperidine rings is 1. The van der Waals surface area contributed by atoms with Gasteiger partial charge in [0.15, 0.2) is 5.82 Å². The molecule has 3 aromatic carbocycles. The van der Waals surface area contributed by atoms with Crippen molar-refractivity contribution in [1.82, 2.24) is 14.9 Å². The van der Waals surface area contributed by atoms with E-state index in [4.69, 9.17) is 21.1 Å². The van der Waals surface area contributed by atoms with Crippen LogP contribution in [0.5, 0.6) is 5.75 Å². The average molecular weight is 664 g/mol. The normalized spacial score (nSPS) is 17.3. The third kappa shape index (κ3) is 6.25. The van der Waals surface area contributed by atoms with Crippen LogP contribution in [-0.4, -0.2) is 74.4 Å². The van der Waals surface area contributed by atoms with Crippen molar-refractivity contribution < 1.29 is 36.2 Å². The summed E-state index contributed by atoms with van der Waals surface area (Å²) < 4.78 is 85.7. The maximum Gasteiger partial charge on any atom is 0.265 e. The fourth-order valence-electron chi connectivity index (χ4n) is 5.56. The van der Waals surface area contributed by atoms with E-state index >= 15 is 13.2 Å². The fourth-order valence-corrected chi connectivity index (χ4v) is 7.11. The predicted molar refractivity (Wildman–Crippen MR) is 163 cm³/mol. The molecule has 15 heteroatoms. The third-order valence-corrected chi connectivity index (χ3v) is 9.51. The van der Waals surface area contributed by atoms with E-state index in [0.29, 0.717) is 12.6 Å². The van der Waals surface area contributed by atoms with Gasteiger partial charge < -0.3 is 24.8 Å². The Bertz CT molecular complexity index is 1880. The zero-order valence-corrected chi connectivity index (χ0v) is 25.6. The number of nitrogens with zero attached hydrogens (tertiary/aromatic N) is 3. The second-order valence-electron chi connectivity index (χ2n) is 10.8. The van der Waals surface area contributed by atoms with Gasteiger partial charge in [-0.05, 0) is 49.2 Å². The van der Waals surface area contributed by atoms with Gasteiger partial charge in [-0.2, -0.15) is 0 Å². The molecule has 4 aromatic rings. The van der Waals surface area contributed by atoms with Crippen LogP contribution < -0.4 is 14.8 Å². The molecule has 2 aliphatic heterocycles. The van der Waals surface area contributed by atoms with E-state index in [2.05, 4.69) is 24.9 Å². The zero-order valence-electron chi connectivity index (χ0n) is 24.0. The van der Waals surface area contributed by atoms with Crippen molar-refractivity contribution in [2.75, 3.05) is 50.0 Å². The standard InChI is InChI=1S/C30H29ClF3N5O5S/c1-43-11-10-39-8-6-17(7-9-39)36-30-35-14-20-22(37-30)4-2-18(27(20)33)26-21(32)3-5-23(28(26)34)38-45(41,42)25-13-16(31)12-19-24(40)15-44-29(19)25/h2-5,12-14,17,24,38,40H,6-11,15H2,1H3,(H,35,36,37). The molecule has 0 spiro atoms. The van der Waals surface area contributed by atoms with Gasteiger partial charge in [-0.1, -0.05) is 11.6 Å². The van der Waals surface area contributed by atoms with Crippen molar-refractivity contribution in [3.8, 4) is 16.9 Å². The van der Waals surface area contributed by atoms with Gasteiger partial charge in [0.1, 0.15) is 35.0 Å². The number of methoxy groups -OCH3 is 1. The molecule has 0 aliphatic carbocycles. The number of fused-ring (bicyclic) bond motifs is 2. The van der Waals surface area contributed by atoms with Crippen LogP contribution in [0.4, 0.5) is 24.8 Å². The molecule has 1 aromatic heterocycles. The smallest absolute Gasteiger partial charge is 0.265 e. The number of aromatic nitrogens is 2. The van der Waals surface area contributed by atoms with Gasteiger partial charge in [0, 0.05) is 55.1 Å². The van der Waals surface area contributed by atoms with Crippen LogP contribution in [0.25, 0.3) is 22.0 Å². The summed E-state index contributed by atoms with van der Waals surface area (Å²) in [6.07, 6.45) is 1.88. The number of ether oxygens (including phenoxy) is 2. The topological polar surface area (TPSA) is 126 Å². The molecule has 0 radical (unpaired) electrons. The highest BCUT2D eigenvalue weighted by atomic mass is 35.5. The maximum absolute atomic E-state index is 15.8. The van der Waals surface area contributed by atoms with Crippen molar-refractivity contribution in [3.05, 3.63) is 70.6 Å². The summed E-state index contributed by atoms with van der Waals surface area (Å²) in [5, 5.41) is 13.3. The quantitative estimate of drug-likeness (QED) is 0.224. The monoisotopic (exact) mass is 663 g/mol. The van der Waals surface area contributed by atoms with Crippen molar-refractivity contribution in [2.24, 2.45) is 0 Å². The van der Waals surface area contributed by atoms with Crippen LogP contribution in [0.3, 0.4) is 0 Å². The molecule has 6 rings (SSSR count). The summed E-state index contributed by atoms with van der Waals surface area (Å²) in [6.45, 7) is 3.11. The number of hydrogen-bond acceptors (Lipinski definition) is 9. The number of halogens is 4. The van der Waals surface area contributed by atoms with Crippen LogP contribution in [0.1, 0.15) is 24.5 Å². The summed E-state index contributed by atoms with van der Waals surface area (Å²) in [5.41, 5.74) is -1.48. The third-order valence-electron chi connectivity index (χ3n) is 7.92. The van der Waals surface area contributed by atoms with Gasteiger partial charge in [-0.15, -0.1) is 0 Å². The van der Waals surface area contributed by atoms with E-state index in [9.17, 15) is 13.5 Å². The van der Waals surface area contributed by atoms with Crippen LogP contribution >= 0.6 is 11.6 Å². The van der Waals surface area contributed by atoms with Gasteiger partial charge in [-0.25, -0.2) is 31.6 Å². The Labute approximate surface area is 262 Å². The number of hydrogen-bond donors (Lipinski definition) is 3. The van der Waals surface area contributed by atoms with E-state index in [1.165, 1.54) is 24.4 Å². The minimum atomic E-state index is -4.55. The Hall–Kier alpha value is -3.69. The lowest BCUT2D eigenvalue weighted by molar-refractivity contribution is 0.132. The van der Waals surface area contributed by atoms with E-state index in [1.807, 2.05) is 0 Å². The average Bonchev–Trinajstić information content (AvgIpc) is 3.38. The summed E-state index contributed by atoms with van der Waals surface area (Å²) in [6, 6.07) is 6.89. The number of likely N-dealkylation sites (tertiary alicyclic amines) is 1. The Kier molecular flexibility index (Phi) is 8.76. The molecule has 1 unspecified atom stereocenters. The zero-order chi connectivity index (χ0) is 31.9. The van der Waals surface area contributed by atoms with Crippen LogP contribution in [-0.2, 0) is 14.8 Å². The lowest BCUT2D eigenvalue weighted by atomic mass is 10.0. The minimum Gasteiger partial charge on any atom is -0.489 e. The highest BCUT2D eigenvalue weighted by Gasteiger charge is 2.32. The number of sulfonamides is 1. The largest absolute Gasteiger partial charge is 0.489 e. The van der Waals surface area contributed by atoms with Crippen molar-refractivity contribution >= 4 is 44.2 Å². The molecular weight excluding hydrogens is 635 g/mol. The highest BCUT2D eigenvalue weighted by molar-refractivity contribution is 7.92. The van der Waals surface area contributed by atoms with Gasteiger partial charge >= 0.3 is 0 Å². The highest BCUT2D eigenvalue weighted by Crippen LogP contribution is 2.41. The Morgan fingerprint density at radius 1 is 1.13 bits per heavy atom. The van der Waals surface area contributed by atoms with Gasteiger partial charge in [-0.3, -0.25) is 4.72 Å². The Morgan fingerprint density at radius 3 is 2.67 bits per heavy atom. The summed E-state index contributed by atoms with van der Waals surface area (Å²) in [5.74, 6) is -3.25. The second kappa shape index (κ2) is 12.6. The first kappa shape index (κ1) is 31.3. The van der Waals surface area contributed by atoms with Gasteiger partial charge in [0.25, 0.3) is 10.0 Å². The number of rotatable bonds is 9. The lowest BCUT2D eigenvalue weighted by Gasteiger charge is -2.32. The fraction of sp³-hybridized carbons (Fsp3) is 0.333. The summed E-state index contributed by atoms with van der Waals surface area (Å²) in [7, 11) is -2.88. The molecule has 45 heavy (non-hydrogen) atoms. The SMILES string of the molecule is COCCN1CCC(Nc2ncc3c(F)c(-c4c(F)ccc(NS(=O)(=O)c5cc(Cl)cc6c5OCC6O)c4F)ccc3n2)CC1. The first-order chi connectivity index (χ1) is 21.6. The molecular formula is C30H29ClF3N5O5S. The summed E-state index contributed by atoms with van der Waals surface area (Å²) >= 11 is 6.06. The Morgan fingerprint density at radius 2 is 1.91 bits per heavy atom. The number of anilines is 2. The van der Waals surface area contributed by atoms with Crippen molar-refractivity contribution in [2.45, 2.75) is 29.9 Å². The molecule has 1 atom stereocenters. The number of nitrogens with one attached hydrogen (secondary N) is 2. The number of aliphatic hydroxyl groups is 1. The van der Waals surface area contributed by atoms with E-state index in [0.717, 1.165) is 50.7 Å². The first-order valence-electron chi connectivity index (χ1n) is 14.1. The molecule has 1 saturated heterocycles. The molecule has 10 nitrogen and oxygen atoms in total. The van der Waals surface area contributed by atoms with Crippen LogP contribution in [0, 0.1) is 17.5 Å². The minimum absolute atomic E-state index is 0.00100. The molecule has 0 amide bonds. The van der Waals surface area contributed by atoms with Crippen molar-refractivity contribution in [3.63, 3.8) is 0 Å². The van der Waals surface area contributed by atoms with Gasteiger partial charge in [0.2, 0.25) is 5.95 Å². The summed E-state index contributed by atoms with van der Waals surface area (Å²) in [4.78, 5) is 10.5. The lowest BCUT2D eigenvalue weighted by Crippen LogP contribution is -2.40. The second-order valence-corrected chi connectivity index (χ2v) is 12.9. The molecule has 0 bridgehead atoms. The van der Waals surface area contributed by atoms with Crippen LogP contribution in [0.2, 0.25) is 5.02 Å². The first-order valence-corrected chi connectivity index (χ1v) is 16.0.